The van der Waals surface area contributed by atoms with Crippen LogP contribution in [0.2, 0.25) is 0 Å². The predicted octanol–water partition coefficient (Wildman–Crippen LogP) is 2.38. The molecule has 0 amide bonds. The third kappa shape index (κ3) is 4.71. The molecule has 8 heteroatoms. The molecule has 1 aliphatic heterocycles. The summed E-state index contributed by atoms with van der Waals surface area (Å²) in [6.07, 6.45) is 8.58. The van der Waals surface area contributed by atoms with E-state index in [9.17, 15) is 0 Å². The molecule has 0 spiro atoms. The summed E-state index contributed by atoms with van der Waals surface area (Å²) in [4.78, 5) is 17.8. The van der Waals surface area contributed by atoms with Gasteiger partial charge in [0.1, 0.15) is 0 Å². The molecule has 8 nitrogen and oxygen atoms in total. The fraction of sp³-hybridized carbons (Fsp3) is 0.429. The zero-order valence-corrected chi connectivity index (χ0v) is 17.0. The van der Waals surface area contributed by atoms with Crippen molar-refractivity contribution in [3.05, 3.63) is 48.5 Å². The Bertz CT molecular complexity index is 928. The highest BCUT2D eigenvalue weighted by molar-refractivity contribution is 5.61. The molecule has 0 N–H and O–H groups in total. The van der Waals surface area contributed by atoms with Gasteiger partial charge in [-0.15, -0.1) is 0 Å². The molecule has 3 aromatic heterocycles. The lowest BCUT2D eigenvalue weighted by Crippen LogP contribution is -2.31. The van der Waals surface area contributed by atoms with Crippen molar-refractivity contribution in [2.24, 2.45) is 7.05 Å². The van der Waals surface area contributed by atoms with Crippen molar-refractivity contribution in [3.8, 4) is 17.1 Å². The molecule has 0 saturated carbocycles. The second-order valence-electron chi connectivity index (χ2n) is 7.16. The Morgan fingerprint density at radius 3 is 2.72 bits per heavy atom. The first-order chi connectivity index (χ1) is 14.2. The van der Waals surface area contributed by atoms with Crippen LogP contribution in [0.5, 0.6) is 5.88 Å². The van der Waals surface area contributed by atoms with Gasteiger partial charge in [-0.1, -0.05) is 0 Å². The average Bonchev–Trinajstić information content (AvgIpc) is 2.95. The number of nitrogens with zero attached hydrogens (tertiary/aromatic N) is 7. The number of hydrogen-bond acceptors (Lipinski definition) is 7. The van der Waals surface area contributed by atoms with Crippen molar-refractivity contribution in [2.75, 3.05) is 37.7 Å². The Labute approximate surface area is 171 Å². The number of hydrogen-bond donors (Lipinski definition) is 0. The van der Waals surface area contributed by atoms with Crippen LogP contribution in [0.25, 0.3) is 11.3 Å². The van der Waals surface area contributed by atoms with Gasteiger partial charge in [0.25, 0.3) is 0 Å². The Balaban J connectivity index is 1.44. The molecule has 3 aromatic rings. The van der Waals surface area contributed by atoms with E-state index in [0.717, 1.165) is 56.4 Å². The van der Waals surface area contributed by atoms with Crippen molar-refractivity contribution in [3.63, 3.8) is 0 Å². The van der Waals surface area contributed by atoms with Crippen LogP contribution in [0, 0.1) is 0 Å². The molecule has 0 atom stereocenters. The largest absolute Gasteiger partial charge is 0.478 e. The maximum Gasteiger partial charge on any atom is 0.228 e. The van der Waals surface area contributed by atoms with E-state index in [1.165, 1.54) is 5.56 Å². The van der Waals surface area contributed by atoms with E-state index in [2.05, 4.69) is 36.0 Å². The molecule has 1 fully saturated rings. The summed E-state index contributed by atoms with van der Waals surface area (Å²) in [6.45, 7) is 7.26. The van der Waals surface area contributed by atoms with Crippen LogP contribution >= 0.6 is 0 Å². The van der Waals surface area contributed by atoms with Gasteiger partial charge >= 0.3 is 0 Å². The second-order valence-corrected chi connectivity index (χ2v) is 7.16. The molecule has 1 saturated heterocycles. The molecule has 4 heterocycles. The molecular formula is C21H27N7O. The molecule has 1 aliphatic rings. The van der Waals surface area contributed by atoms with Gasteiger partial charge in [-0.05, 0) is 25.5 Å². The maximum atomic E-state index is 5.52. The smallest absolute Gasteiger partial charge is 0.228 e. The van der Waals surface area contributed by atoms with Gasteiger partial charge in [-0.25, -0.2) is 4.98 Å². The highest BCUT2D eigenvalue weighted by Gasteiger charge is 2.20. The van der Waals surface area contributed by atoms with Crippen molar-refractivity contribution >= 4 is 5.95 Å². The molecule has 0 unspecified atom stereocenters. The van der Waals surface area contributed by atoms with Gasteiger partial charge in [0, 0.05) is 81.8 Å². The fourth-order valence-electron chi connectivity index (χ4n) is 3.69. The Hall–Kier alpha value is -3.00. The lowest BCUT2D eigenvalue weighted by Gasteiger charge is -2.22. The van der Waals surface area contributed by atoms with Gasteiger partial charge in [0.2, 0.25) is 11.8 Å². The van der Waals surface area contributed by atoms with Gasteiger partial charge in [-0.2, -0.15) is 10.1 Å². The number of ether oxygens (including phenoxy) is 1. The van der Waals surface area contributed by atoms with Crippen molar-refractivity contribution in [2.45, 2.75) is 19.9 Å². The van der Waals surface area contributed by atoms with Crippen LogP contribution in [0.15, 0.2) is 43.0 Å². The van der Waals surface area contributed by atoms with Crippen molar-refractivity contribution in [1.29, 1.82) is 0 Å². The average molecular weight is 393 g/mol. The summed E-state index contributed by atoms with van der Waals surface area (Å²) < 4.78 is 7.42. The van der Waals surface area contributed by atoms with Crippen LogP contribution in [-0.4, -0.2) is 62.4 Å². The first-order valence-corrected chi connectivity index (χ1v) is 10.1. The molecule has 0 radical (unpaired) electrons. The lowest BCUT2D eigenvalue weighted by molar-refractivity contribution is 0.285. The predicted molar refractivity (Wildman–Crippen MR) is 112 cm³/mol. The van der Waals surface area contributed by atoms with E-state index in [1.807, 2.05) is 43.2 Å². The monoisotopic (exact) mass is 393 g/mol. The van der Waals surface area contributed by atoms with Crippen LogP contribution in [0.3, 0.4) is 0 Å². The van der Waals surface area contributed by atoms with Crippen molar-refractivity contribution in [1.82, 2.24) is 29.6 Å². The molecule has 0 aromatic carbocycles. The van der Waals surface area contributed by atoms with E-state index in [-0.39, 0.29) is 0 Å². The normalized spacial score (nSPS) is 15.3. The number of aromatic nitrogens is 5. The number of pyridine rings is 1. The molecule has 0 bridgehead atoms. The first-order valence-electron chi connectivity index (χ1n) is 10.1. The van der Waals surface area contributed by atoms with E-state index < -0.39 is 0 Å². The fourth-order valence-corrected chi connectivity index (χ4v) is 3.69. The highest BCUT2D eigenvalue weighted by Crippen LogP contribution is 2.23. The Kier molecular flexibility index (Phi) is 6.00. The summed E-state index contributed by atoms with van der Waals surface area (Å²) in [6, 6.07) is 5.83. The minimum absolute atomic E-state index is 0.606. The molecule has 0 aliphatic carbocycles. The molecular weight excluding hydrogens is 366 g/mol. The van der Waals surface area contributed by atoms with E-state index >= 15 is 0 Å². The summed E-state index contributed by atoms with van der Waals surface area (Å²) in [5, 5.41) is 4.68. The topological polar surface area (TPSA) is 72.2 Å². The van der Waals surface area contributed by atoms with E-state index in [0.29, 0.717) is 12.5 Å². The quantitative estimate of drug-likeness (QED) is 0.637. The third-order valence-electron chi connectivity index (χ3n) is 5.03. The first kappa shape index (κ1) is 19.3. The summed E-state index contributed by atoms with van der Waals surface area (Å²) in [5.41, 5.74) is 3.37. The summed E-state index contributed by atoms with van der Waals surface area (Å²) >= 11 is 0. The Morgan fingerprint density at radius 2 is 1.90 bits per heavy atom. The number of anilines is 1. The minimum Gasteiger partial charge on any atom is -0.478 e. The standard InChI is InChI=1S/C21H27N7O/c1-3-29-19-7-10-23-21(24-19)28-12-4-11-27(13-14-28)16-18-15-26(2)25-20(18)17-5-8-22-9-6-17/h5-10,15H,3-4,11-14,16H2,1-2H3. The molecule has 152 valence electrons. The Morgan fingerprint density at radius 1 is 1.03 bits per heavy atom. The van der Waals surface area contributed by atoms with E-state index in [4.69, 9.17) is 4.74 Å². The minimum atomic E-state index is 0.606. The third-order valence-corrected chi connectivity index (χ3v) is 5.03. The zero-order valence-electron chi connectivity index (χ0n) is 17.0. The number of rotatable bonds is 6. The highest BCUT2D eigenvalue weighted by atomic mass is 16.5. The number of aryl methyl sites for hydroxylation is 1. The summed E-state index contributed by atoms with van der Waals surface area (Å²) in [7, 11) is 1.97. The van der Waals surface area contributed by atoms with E-state index in [1.54, 1.807) is 12.3 Å². The lowest BCUT2D eigenvalue weighted by atomic mass is 10.1. The molecule has 29 heavy (non-hydrogen) atoms. The van der Waals surface area contributed by atoms with Crippen molar-refractivity contribution < 1.29 is 4.74 Å². The van der Waals surface area contributed by atoms with Crippen LogP contribution in [0.4, 0.5) is 5.95 Å². The zero-order chi connectivity index (χ0) is 20.1. The van der Waals surface area contributed by atoms with Crippen LogP contribution in [0.1, 0.15) is 18.9 Å². The van der Waals surface area contributed by atoms with Gasteiger partial charge in [0.05, 0.1) is 12.3 Å². The molecule has 4 rings (SSSR count). The second kappa shape index (κ2) is 9.00. The SMILES string of the molecule is CCOc1ccnc(N2CCCN(Cc3cn(C)nc3-c3ccncc3)CC2)n1. The maximum absolute atomic E-state index is 5.52. The van der Waals surface area contributed by atoms with Crippen LogP contribution in [-0.2, 0) is 13.6 Å². The van der Waals surface area contributed by atoms with Gasteiger partial charge in [-0.3, -0.25) is 14.6 Å². The van der Waals surface area contributed by atoms with Gasteiger partial charge < -0.3 is 9.64 Å². The van der Waals surface area contributed by atoms with Gasteiger partial charge in [0.15, 0.2) is 0 Å². The van der Waals surface area contributed by atoms with Crippen LogP contribution < -0.4 is 9.64 Å². The summed E-state index contributed by atoms with van der Waals surface area (Å²) in [5.74, 6) is 1.38.